The molecule has 4 aromatic rings. The molecule has 0 spiro atoms. The first-order valence-electron chi connectivity index (χ1n) is 8.84. The molecule has 0 N–H and O–H groups in total. The van der Waals surface area contributed by atoms with E-state index in [4.69, 9.17) is 9.97 Å². The maximum atomic E-state index is 13.3. The molecule has 3 heterocycles. The van der Waals surface area contributed by atoms with Crippen molar-refractivity contribution < 1.29 is 4.79 Å². The van der Waals surface area contributed by atoms with E-state index in [1.807, 2.05) is 49.5 Å². The molecule has 27 heavy (non-hydrogen) atoms. The van der Waals surface area contributed by atoms with Crippen LogP contribution >= 0.6 is 11.3 Å². The van der Waals surface area contributed by atoms with Crippen LogP contribution in [0.15, 0.2) is 48.0 Å². The summed E-state index contributed by atoms with van der Waals surface area (Å²) in [7, 11) is 2.00. The van der Waals surface area contributed by atoms with E-state index in [0.29, 0.717) is 17.9 Å². The van der Waals surface area contributed by atoms with Crippen LogP contribution < -0.4 is 9.80 Å². The van der Waals surface area contributed by atoms with Gasteiger partial charge in [-0.2, -0.15) is 0 Å². The van der Waals surface area contributed by atoms with Gasteiger partial charge in [-0.3, -0.25) is 9.69 Å². The van der Waals surface area contributed by atoms with Crippen LogP contribution in [-0.2, 0) is 0 Å². The Hall–Kier alpha value is -3.06. The summed E-state index contributed by atoms with van der Waals surface area (Å²) < 4.78 is 1.01. The number of anilines is 2. The molecule has 5 rings (SSSR count). The topological polar surface area (TPSA) is 62.2 Å². The fourth-order valence-corrected chi connectivity index (χ4v) is 4.15. The van der Waals surface area contributed by atoms with Crippen molar-refractivity contribution in [1.82, 2.24) is 15.0 Å². The predicted molar refractivity (Wildman–Crippen MR) is 109 cm³/mol. The fraction of sp³-hybridized carbons (Fsp3) is 0.200. The zero-order valence-electron chi connectivity index (χ0n) is 14.8. The summed E-state index contributed by atoms with van der Waals surface area (Å²) in [6.45, 7) is 1.45. The van der Waals surface area contributed by atoms with E-state index in [-0.39, 0.29) is 5.91 Å². The van der Waals surface area contributed by atoms with Gasteiger partial charge in [-0.1, -0.05) is 12.1 Å². The number of para-hydroxylation sites is 2. The van der Waals surface area contributed by atoms with Crippen LogP contribution in [0.4, 0.5) is 11.6 Å². The number of nitrogens with zero attached hydrogens (tertiary/aromatic N) is 5. The van der Waals surface area contributed by atoms with Gasteiger partial charge in [-0.15, -0.1) is 11.3 Å². The molecule has 7 heteroatoms. The first kappa shape index (κ1) is 16.1. The summed E-state index contributed by atoms with van der Waals surface area (Å²) in [5.41, 5.74) is 4.99. The summed E-state index contributed by atoms with van der Waals surface area (Å²) in [5, 5.41) is 0. The zero-order chi connectivity index (χ0) is 18.4. The van der Waals surface area contributed by atoms with Gasteiger partial charge in [-0.25, -0.2) is 15.0 Å². The number of carbonyl (C=O) groups is 1. The average Bonchev–Trinajstić information content (AvgIpc) is 3.11. The van der Waals surface area contributed by atoms with Crippen molar-refractivity contribution in [3.8, 4) is 0 Å². The molecule has 0 radical (unpaired) electrons. The maximum absolute atomic E-state index is 13.3. The van der Waals surface area contributed by atoms with Gasteiger partial charge in [0.15, 0.2) is 11.6 Å². The number of aromatic nitrogens is 3. The highest BCUT2D eigenvalue weighted by Crippen LogP contribution is 2.31. The van der Waals surface area contributed by atoms with Crippen molar-refractivity contribution in [3.63, 3.8) is 0 Å². The van der Waals surface area contributed by atoms with E-state index in [1.165, 1.54) is 11.3 Å². The standard InChI is InChI=1S/C20H17N5OS/c1-24-9-4-10-25(19-18(24)22-14-5-2-3-6-15(14)23-19)20(26)13-7-8-16-17(11-13)27-12-21-16/h2-3,5-8,11-12H,4,9-10H2,1H3. The quantitative estimate of drug-likeness (QED) is 0.507. The first-order valence-corrected chi connectivity index (χ1v) is 9.72. The van der Waals surface area contributed by atoms with Crippen molar-refractivity contribution >= 4 is 50.1 Å². The zero-order valence-corrected chi connectivity index (χ0v) is 15.6. The molecule has 0 bridgehead atoms. The maximum Gasteiger partial charge on any atom is 0.259 e. The van der Waals surface area contributed by atoms with E-state index in [9.17, 15) is 4.79 Å². The van der Waals surface area contributed by atoms with Crippen molar-refractivity contribution in [3.05, 3.63) is 53.5 Å². The molecule has 134 valence electrons. The normalized spacial score (nSPS) is 14.4. The van der Waals surface area contributed by atoms with Gasteiger partial charge in [0.2, 0.25) is 0 Å². The Balaban J connectivity index is 1.64. The van der Waals surface area contributed by atoms with Crippen LogP contribution in [-0.4, -0.2) is 41.0 Å². The molecule has 6 nitrogen and oxygen atoms in total. The molecule has 1 aliphatic rings. The summed E-state index contributed by atoms with van der Waals surface area (Å²) in [6, 6.07) is 13.4. The highest BCUT2D eigenvalue weighted by molar-refractivity contribution is 7.16. The molecular formula is C20H17N5OS. The van der Waals surface area contributed by atoms with Gasteiger partial charge in [0, 0.05) is 25.7 Å². The largest absolute Gasteiger partial charge is 0.357 e. The second-order valence-corrected chi connectivity index (χ2v) is 7.51. The number of benzene rings is 2. The lowest BCUT2D eigenvalue weighted by Crippen LogP contribution is -2.32. The third-order valence-corrected chi connectivity index (χ3v) is 5.64. The summed E-state index contributed by atoms with van der Waals surface area (Å²) >= 11 is 1.54. The van der Waals surface area contributed by atoms with E-state index in [2.05, 4.69) is 9.88 Å². The number of carbonyl (C=O) groups excluding carboxylic acids is 1. The Labute approximate surface area is 160 Å². The molecule has 0 fully saturated rings. The molecule has 0 saturated heterocycles. The SMILES string of the molecule is CN1CCCN(C(=O)c2ccc3ncsc3c2)c2nc3ccccc3nc21. The number of thiazole rings is 1. The number of amides is 1. The Morgan fingerprint density at radius 1 is 1.00 bits per heavy atom. The summed E-state index contributed by atoms with van der Waals surface area (Å²) in [6.07, 6.45) is 0.861. The molecule has 1 amide bonds. The highest BCUT2D eigenvalue weighted by atomic mass is 32.1. The third kappa shape index (κ3) is 2.71. The van der Waals surface area contributed by atoms with E-state index < -0.39 is 0 Å². The van der Waals surface area contributed by atoms with Crippen LogP contribution in [0.25, 0.3) is 21.3 Å². The minimum absolute atomic E-state index is 0.0496. The third-order valence-electron chi connectivity index (χ3n) is 4.85. The summed E-state index contributed by atoms with van der Waals surface area (Å²) in [5.74, 6) is 1.33. The lowest BCUT2D eigenvalue weighted by molar-refractivity contribution is 0.0986. The molecule has 1 aliphatic heterocycles. The van der Waals surface area contributed by atoms with Gasteiger partial charge in [0.05, 0.1) is 26.8 Å². The monoisotopic (exact) mass is 375 g/mol. The Morgan fingerprint density at radius 3 is 2.59 bits per heavy atom. The first-order chi connectivity index (χ1) is 13.2. The van der Waals surface area contributed by atoms with Crippen molar-refractivity contribution in [2.75, 3.05) is 29.9 Å². The highest BCUT2D eigenvalue weighted by Gasteiger charge is 2.27. The van der Waals surface area contributed by atoms with Crippen LogP contribution in [0.5, 0.6) is 0 Å². The minimum Gasteiger partial charge on any atom is -0.357 e. The predicted octanol–water partition coefficient (Wildman–Crippen LogP) is 3.73. The number of hydrogen-bond donors (Lipinski definition) is 0. The van der Waals surface area contributed by atoms with Crippen LogP contribution in [0.1, 0.15) is 16.8 Å². The lowest BCUT2D eigenvalue weighted by atomic mass is 10.2. The lowest BCUT2D eigenvalue weighted by Gasteiger charge is -2.23. The van der Waals surface area contributed by atoms with Crippen molar-refractivity contribution in [2.45, 2.75) is 6.42 Å². The van der Waals surface area contributed by atoms with Crippen LogP contribution in [0.3, 0.4) is 0 Å². The van der Waals surface area contributed by atoms with Gasteiger partial charge in [0.25, 0.3) is 5.91 Å². The number of rotatable bonds is 1. The minimum atomic E-state index is -0.0496. The second kappa shape index (κ2) is 6.28. The van der Waals surface area contributed by atoms with Gasteiger partial charge < -0.3 is 4.90 Å². The van der Waals surface area contributed by atoms with Crippen LogP contribution in [0, 0.1) is 0 Å². The fourth-order valence-electron chi connectivity index (χ4n) is 3.44. The Bertz CT molecular complexity index is 1170. The molecule has 0 saturated carbocycles. The van der Waals surface area contributed by atoms with E-state index in [0.717, 1.165) is 40.0 Å². The van der Waals surface area contributed by atoms with Crippen molar-refractivity contribution in [1.29, 1.82) is 0 Å². The smallest absolute Gasteiger partial charge is 0.259 e. The van der Waals surface area contributed by atoms with E-state index in [1.54, 1.807) is 10.4 Å². The number of hydrogen-bond acceptors (Lipinski definition) is 6. The second-order valence-electron chi connectivity index (χ2n) is 6.63. The van der Waals surface area contributed by atoms with Gasteiger partial charge in [-0.05, 0) is 36.8 Å². The molecule has 2 aromatic heterocycles. The summed E-state index contributed by atoms with van der Waals surface area (Å²) in [4.78, 5) is 31.1. The van der Waals surface area contributed by atoms with Crippen molar-refractivity contribution in [2.24, 2.45) is 0 Å². The van der Waals surface area contributed by atoms with Gasteiger partial charge >= 0.3 is 0 Å². The Morgan fingerprint density at radius 2 is 1.78 bits per heavy atom. The molecule has 0 unspecified atom stereocenters. The number of fused-ring (bicyclic) bond motifs is 3. The Kier molecular flexibility index (Phi) is 3.75. The molecule has 2 aromatic carbocycles. The molecule has 0 aliphatic carbocycles. The average molecular weight is 375 g/mol. The van der Waals surface area contributed by atoms with E-state index >= 15 is 0 Å². The van der Waals surface area contributed by atoms with Gasteiger partial charge in [0.1, 0.15) is 0 Å². The molecular weight excluding hydrogens is 358 g/mol. The van der Waals surface area contributed by atoms with Crippen LogP contribution in [0.2, 0.25) is 0 Å². The molecule has 0 atom stereocenters.